The Kier molecular flexibility index (Phi) is 21.3. The summed E-state index contributed by atoms with van der Waals surface area (Å²) in [6, 6.07) is 7.24. The number of hydrogen-bond donors (Lipinski definition) is 2. The van der Waals surface area contributed by atoms with Gasteiger partial charge in [0.25, 0.3) is 0 Å². The monoisotopic (exact) mass is 463 g/mol. The van der Waals surface area contributed by atoms with Crippen LogP contribution in [-0.4, -0.2) is 11.3 Å². The third-order valence-corrected chi connectivity index (χ3v) is 2.27. The number of benzene rings is 1. The van der Waals surface area contributed by atoms with Gasteiger partial charge in [-0.3, -0.25) is 5.43 Å². The Hall–Kier alpha value is 0.0734. The molecule has 1 fully saturated rings. The molecule has 0 atom stereocenters. The van der Waals surface area contributed by atoms with Crippen molar-refractivity contribution in [3.8, 4) is 0 Å². The summed E-state index contributed by atoms with van der Waals surface area (Å²) in [6.45, 7) is 0. The number of hydrogen-bond acceptors (Lipinski definition) is 2. The van der Waals surface area contributed by atoms with Crippen LogP contribution < -0.4 is 36.0 Å². The summed E-state index contributed by atoms with van der Waals surface area (Å²) >= 11 is 10.3. The van der Waals surface area contributed by atoms with Gasteiger partial charge in [-0.15, -0.1) is 0 Å². The standard InChI is InChI=1S/C8H8ClN3S.C6H6.2ClH.Ru/c9-7-3-1-6(2-4-7)5-11-12-8(10)13;1-2-4-6-5-3-1;;;/h1-5H,(H3,10,12,13);1-6H;2*1H;/q;;;;+2/p-2/b11-5+;;;;. The van der Waals surface area contributed by atoms with Gasteiger partial charge >= 0.3 is 19.5 Å². The molecule has 1 aromatic rings. The van der Waals surface area contributed by atoms with E-state index in [0.717, 1.165) is 5.56 Å². The number of halogens is 3. The number of rotatable bonds is 2. The van der Waals surface area contributed by atoms with Crippen molar-refractivity contribution in [2.75, 3.05) is 0 Å². The van der Waals surface area contributed by atoms with Crippen LogP contribution in [0.3, 0.4) is 0 Å². The molecule has 1 aliphatic carbocycles. The van der Waals surface area contributed by atoms with Crippen molar-refractivity contribution >= 4 is 35.1 Å². The first kappa shape index (κ1) is 26.9. The molecule has 0 bridgehead atoms. The molecular weight excluding hydrogens is 450 g/mol. The van der Waals surface area contributed by atoms with Crippen LogP contribution in [0.25, 0.3) is 0 Å². The second kappa shape index (κ2) is 17.4. The minimum atomic E-state index is 0. The van der Waals surface area contributed by atoms with E-state index >= 15 is 0 Å². The summed E-state index contributed by atoms with van der Waals surface area (Å²) in [5.74, 6) is 0. The van der Waals surface area contributed by atoms with Gasteiger partial charge in [-0.25, -0.2) is 0 Å². The number of nitrogens with one attached hydrogen (secondary N) is 1. The maximum Gasteiger partial charge on any atom is 2.00 e. The van der Waals surface area contributed by atoms with Crippen LogP contribution in [0.4, 0.5) is 0 Å². The van der Waals surface area contributed by atoms with E-state index in [1.165, 1.54) is 0 Å². The number of nitrogens with zero attached hydrogens (tertiary/aromatic N) is 1. The SMILES string of the molecule is NC(=S)N/N=C/c1ccc(Cl)cc1.[CH]1[CH][CH][CH][CH][CH]1.[Cl-].[Cl-].[Ru+2]. The molecule has 3 N–H and O–H groups in total. The van der Waals surface area contributed by atoms with Gasteiger partial charge in [-0.05, 0) is 68.4 Å². The zero-order valence-electron chi connectivity index (χ0n) is 11.3. The van der Waals surface area contributed by atoms with Gasteiger partial charge < -0.3 is 30.5 Å². The normalized spacial score (nSPS) is 12.6. The molecule has 120 valence electrons. The van der Waals surface area contributed by atoms with Gasteiger partial charge in [0, 0.05) is 5.02 Å². The molecule has 1 aliphatic rings. The summed E-state index contributed by atoms with van der Waals surface area (Å²) in [4.78, 5) is 0. The fourth-order valence-corrected chi connectivity index (χ4v) is 1.28. The van der Waals surface area contributed by atoms with Crippen molar-refractivity contribution in [1.29, 1.82) is 0 Å². The molecule has 0 heterocycles. The summed E-state index contributed by atoms with van der Waals surface area (Å²) < 4.78 is 0. The molecule has 0 aromatic heterocycles. The molecule has 1 saturated carbocycles. The first-order chi connectivity index (χ1) is 9.18. The molecule has 3 nitrogen and oxygen atoms in total. The van der Waals surface area contributed by atoms with Crippen molar-refractivity contribution in [2.24, 2.45) is 10.8 Å². The fraction of sp³-hybridized carbons (Fsp3) is 0. The average Bonchev–Trinajstić information content (AvgIpc) is 2.43. The molecule has 0 saturated heterocycles. The van der Waals surface area contributed by atoms with Crippen LogP contribution in [0.1, 0.15) is 5.56 Å². The number of nitrogens with two attached hydrogens (primary N) is 1. The number of thiocarbonyl (C=S) groups is 1. The molecule has 6 radical (unpaired) electrons. The predicted octanol–water partition coefficient (Wildman–Crippen LogP) is -3.26. The van der Waals surface area contributed by atoms with E-state index in [2.05, 4.69) is 22.7 Å². The van der Waals surface area contributed by atoms with E-state index in [0.29, 0.717) is 5.02 Å². The van der Waals surface area contributed by atoms with Gasteiger partial charge in [-0.2, -0.15) is 5.10 Å². The van der Waals surface area contributed by atoms with Gasteiger partial charge in [0.05, 0.1) is 6.21 Å². The van der Waals surface area contributed by atoms with Gasteiger partial charge in [0.2, 0.25) is 0 Å². The molecule has 0 amide bonds. The van der Waals surface area contributed by atoms with E-state index in [-0.39, 0.29) is 49.4 Å². The maximum atomic E-state index is 5.70. The zero-order valence-corrected chi connectivity index (χ0v) is 16.1. The minimum Gasteiger partial charge on any atom is -1.00 e. The summed E-state index contributed by atoms with van der Waals surface area (Å²) in [5.41, 5.74) is 8.54. The van der Waals surface area contributed by atoms with E-state index < -0.39 is 0 Å². The van der Waals surface area contributed by atoms with Crippen molar-refractivity contribution in [1.82, 2.24) is 5.43 Å². The quantitative estimate of drug-likeness (QED) is 0.210. The maximum absolute atomic E-state index is 5.70. The Morgan fingerprint density at radius 3 is 1.77 bits per heavy atom. The summed E-state index contributed by atoms with van der Waals surface area (Å²) in [7, 11) is 0. The van der Waals surface area contributed by atoms with Crippen LogP contribution >= 0.6 is 23.8 Å². The molecule has 0 unspecified atom stereocenters. The largest absolute Gasteiger partial charge is 2.00 e. The first-order valence-corrected chi connectivity index (χ1v) is 6.31. The second-order valence-electron chi connectivity index (χ2n) is 3.44. The topological polar surface area (TPSA) is 50.4 Å². The minimum absolute atomic E-state index is 0. The smallest absolute Gasteiger partial charge is 1.00 e. The first-order valence-electron chi connectivity index (χ1n) is 5.52. The molecule has 0 aliphatic heterocycles. The van der Waals surface area contributed by atoms with Gasteiger partial charge in [0.15, 0.2) is 5.11 Å². The molecular formula is C14H14Cl3N3RuS. The van der Waals surface area contributed by atoms with E-state index in [1.807, 2.05) is 50.7 Å². The molecule has 8 heteroatoms. The van der Waals surface area contributed by atoms with Crippen molar-refractivity contribution in [2.45, 2.75) is 0 Å². The Morgan fingerprint density at radius 2 is 1.41 bits per heavy atom. The van der Waals surface area contributed by atoms with Crippen LogP contribution in [0.15, 0.2) is 29.4 Å². The van der Waals surface area contributed by atoms with E-state index in [4.69, 9.17) is 17.3 Å². The van der Waals surface area contributed by atoms with Crippen molar-refractivity contribution in [3.05, 3.63) is 73.4 Å². The zero-order chi connectivity index (χ0) is 13.9. The predicted molar refractivity (Wildman–Crippen MR) is 84.8 cm³/mol. The third kappa shape index (κ3) is 15.0. The van der Waals surface area contributed by atoms with E-state index in [9.17, 15) is 0 Å². The second-order valence-corrected chi connectivity index (χ2v) is 4.32. The third-order valence-electron chi connectivity index (χ3n) is 1.93. The molecule has 22 heavy (non-hydrogen) atoms. The van der Waals surface area contributed by atoms with Crippen LogP contribution in [-0.2, 0) is 19.5 Å². The molecule has 1 aromatic carbocycles. The summed E-state index contributed by atoms with van der Waals surface area (Å²) in [6.07, 6.45) is 13.6. The Balaban J connectivity index is -0.000000346. The van der Waals surface area contributed by atoms with Crippen LogP contribution in [0.5, 0.6) is 0 Å². The number of hydrazone groups is 1. The Morgan fingerprint density at radius 1 is 1.00 bits per heavy atom. The fourth-order valence-electron chi connectivity index (χ4n) is 1.10. The molecule has 2 rings (SSSR count). The van der Waals surface area contributed by atoms with Crippen molar-refractivity contribution < 1.29 is 44.3 Å². The van der Waals surface area contributed by atoms with Gasteiger partial charge in [-0.1, -0.05) is 23.7 Å². The summed E-state index contributed by atoms with van der Waals surface area (Å²) in [5, 5.41) is 4.62. The average molecular weight is 464 g/mol. The van der Waals surface area contributed by atoms with Gasteiger partial charge in [0.1, 0.15) is 0 Å². The Labute approximate surface area is 168 Å². The van der Waals surface area contributed by atoms with Crippen LogP contribution in [0, 0.1) is 38.5 Å². The van der Waals surface area contributed by atoms with Crippen molar-refractivity contribution in [3.63, 3.8) is 0 Å². The van der Waals surface area contributed by atoms with Crippen LogP contribution in [0.2, 0.25) is 5.02 Å². The van der Waals surface area contributed by atoms with E-state index in [1.54, 1.807) is 18.3 Å². The molecule has 0 spiro atoms. The Bertz CT molecular complexity index is 401.